The molecule has 1 atom stereocenters. The molecule has 2 heteroatoms. The van der Waals surface area contributed by atoms with Crippen molar-refractivity contribution in [3.8, 4) is 0 Å². The molecular formula is C15H32N2. The van der Waals surface area contributed by atoms with E-state index in [0.29, 0.717) is 6.04 Å². The van der Waals surface area contributed by atoms with Gasteiger partial charge in [0.05, 0.1) is 0 Å². The van der Waals surface area contributed by atoms with Gasteiger partial charge >= 0.3 is 0 Å². The smallest absolute Gasteiger partial charge is 0.00103 e. The summed E-state index contributed by atoms with van der Waals surface area (Å²) < 4.78 is 0. The summed E-state index contributed by atoms with van der Waals surface area (Å²) in [5.41, 5.74) is 0. The minimum Gasteiger partial charge on any atom is -0.314 e. The highest BCUT2D eigenvalue weighted by atomic mass is 15.1. The molecule has 0 aromatic heterocycles. The molecule has 0 aliphatic carbocycles. The SMILES string of the molecule is CCCC1CCCN(CCCNC(C)C)CC1. The fourth-order valence-electron chi connectivity index (χ4n) is 2.84. The molecule has 0 saturated carbocycles. The average molecular weight is 240 g/mol. The highest BCUT2D eigenvalue weighted by Gasteiger charge is 2.15. The minimum atomic E-state index is 0.632. The number of hydrogen-bond acceptors (Lipinski definition) is 2. The summed E-state index contributed by atoms with van der Waals surface area (Å²) in [5, 5.41) is 3.50. The van der Waals surface area contributed by atoms with Gasteiger partial charge in [0.25, 0.3) is 0 Å². The molecule has 1 aliphatic heterocycles. The number of nitrogens with zero attached hydrogens (tertiary/aromatic N) is 1. The molecule has 102 valence electrons. The summed E-state index contributed by atoms with van der Waals surface area (Å²) in [4.78, 5) is 2.68. The number of likely N-dealkylation sites (tertiary alicyclic amines) is 1. The lowest BCUT2D eigenvalue weighted by Crippen LogP contribution is -2.30. The Morgan fingerprint density at radius 3 is 2.76 bits per heavy atom. The summed E-state index contributed by atoms with van der Waals surface area (Å²) in [5.74, 6) is 1.01. The number of rotatable bonds is 7. The van der Waals surface area contributed by atoms with Crippen molar-refractivity contribution in [2.75, 3.05) is 26.2 Å². The van der Waals surface area contributed by atoms with Crippen LogP contribution in [0.15, 0.2) is 0 Å². The molecule has 0 bridgehead atoms. The van der Waals surface area contributed by atoms with Crippen molar-refractivity contribution in [2.24, 2.45) is 5.92 Å². The van der Waals surface area contributed by atoms with Crippen molar-refractivity contribution in [3.05, 3.63) is 0 Å². The van der Waals surface area contributed by atoms with Gasteiger partial charge in [-0.1, -0.05) is 33.6 Å². The molecule has 1 aliphatic rings. The van der Waals surface area contributed by atoms with Gasteiger partial charge in [-0.15, -0.1) is 0 Å². The first-order chi connectivity index (χ1) is 8.22. The molecule has 0 aromatic carbocycles. The van der Waals surface area contributed by atoms with Gasteiger partial charge in [0.2, 0.25) is 0 Å². The summed E-state index contributed by atoms with van der Waals surface area (Å²) >= 11 is 0. The topological polar surface area (TPSA) is 15.3 Å². The predicted octanol–water partition coefficient (Wildman–Crippen LogP) is 3.28. The van der Waals surface area contributed by atoms with Crippen LogP contribution in [0.3, 0.4) is 0 Å². The Hall–Kier alpha value is -0.0800. The maximum absolute atomic E-state index is 3.50. The highest BCUT2D eigenvalue weighted by molar-refractivity contribution is 4.70. The Morgan fingerprint density at radius 2 is 2.06 bits per heavy atom. The first-order valence-electron chi connectivity index (χ1n) is 7.68. The second kappa shape index (κ2) is 8.93. The fraction of sp³-hybridized carbons (Fsp3) is 1.00. The zero-order chi connectivity index (χ0) is 12.5. The molecule has 0 spiro atoms. The van der Waals surface area contributed by atoms with Crippen LogP contribution >= 0.6 is 0 Å². The Bertz CT molecular complexity index is 180. The van der Waals surface area contributed by atoms with Crippen molar-refractivity contribution in [1.82, 2.24) is 10.2 Å². The quantitative estimate of drug-likeness (QED) is 0.687. The largest absolute Gasteiger partial charge is 0.314 e. The van der Waals surface area contributed by atoms with Crippen LogP contribution in [0.2, 0.25) is 0 Å². The number of nitrogens with one attached hydrogen (secondary N) is 1. The van der Waals surface area contributed by atoms with Crippen LogP contribution in [0.5, 0.6) is 0 Å². The molecule has 1 unspecified atom stereocenters. The first-order valence-corrected chi connectivity index (χ1v) is 7.68. The number of hydrogen-bond donors (Lipinski definition) is 1. The normalized spacial score (nSPS) is 22.9. The molecule has 0 amide bonds. The van der Waals surface area contributed by atoms with E-state index < -0.39 is 0 Å². The molecule has 17 heavy (non-hydrogen) atoms. The third kappa shape index (κ3) is 7.05. The monoisotopic (exact) mass is 240 g/mol. The van der Waals surface area contributed by atoms with Gasteiger partial charge in [-0.05, 0) is 57.8 Å². The zero-order valence-electron chi connectivity index (χ0n) is 12.2. The van der Waals surface area contributed by atoms with Crippen molar-refractivity contribution >= 4 is 0 Å². The summed E-state index contributed by atoms with van der Waals surface area (Å²) in [6.45, 7) is 11.9. The van der Waals surface area contributed by atoms with Crippen LogP contribution < -0.4 is 5.32 Å². The Labute approximate surface area is 108 Å². The summed E-state index contributed by atoms with van der Waals surface area (Å²) in [7, 11) is 0. The van der Waals surface area contributed by atoms with Crippen LogP contribution in [-0.2, 0) is 0 Å². The van der Waals surface area contributed by atoms with E-state index in [-0.39, 0.29) is 0 Å². The fourth-order valence-corrected chi connectivity index (χ4v) is 2.84. The molecule has 1 rings (SSSR count). The standard InChI is InChI=1S/C15H32N2/c1-4-7-15-8-5-11-17(13-9-15)12-6-10-16-14(2)3/h14-16H,4-13H2,1-3H3. The van der Waals surface area contributed by atoms with Crippen LogP contribution in [0.1, 0.15) is 59.3 Å². The van der Waals surface area contributed by atoms with Gasteiger partial charge < -0.3 is 10.2 Å². The summed E-state index contributed by atoms with van der Waals surface area (Å²) in [6, 6.07) is 0.632. The van der Waals surface area contributed by atoms with Crippen LogP contribution in [0.4, 0.5) is 0 Å². The van der Waals surface area contributed by atoms with E-state index in [1.165, 1.54) is 64.7 Å². The van der Waals surface area contributed by atoms with Gasteiger partial charge in [0.1, 0.15) is 0 Å². The Morgan fingerprint density at radius 1 is 1.24 bits per heavy atom. The highest BCUT2D eigenvalue weighted by Crippen LogP contribution is 2.21. The average Bonchev–Trinajstić information content (AvgIpc) is 2.51. The molecule has 2 nitrogen and oxygen atoms in total. The summed E-state index contributed by atoms with van der Waals surface area (Å²) in [6.07, 6.45) is 8.44. The molecule has 1 heterocycles. The van der Waals surface area contributed by atoms with E-state index in [0.717, 1.165) is 5.92 Å². The van der Waals surface area contributed by atoms with Crippen LogP contribution in [0.25, 0.3) is 0 Å². The van der Waals surface area contributed by atoms with E-state index in [1.807, 2.05) is 0 Å². The zero-order valence-corrected chi connectivity index (χ0v) is 12.2. The van der Waals surface area contributed by atoms with Gasteiger partial charge in [0, 0.05) is 6.04 Å². The lowest BCUT2D eigenvalue weighted by Gasteiger charge is -2.20. The van der Waals surface area contributed by atoms with E-state index >= 15 is 0 Å². The molecule has 0 radical (unpaired) electrons. The molecule has 1 fully saturated rings. The van der Waals surface area contributed by atoms with Crippen LogP contribution in [0, 0.1) is 5.92 Å². The molecule has 0 aromatic rings. The Balaban J connectivity index is 2.09. The van der Waals surface area contributed by atoms with Crippen molar-refractivity contribution in [3.63, 3.8) is 0 Å². The van der Waals surface area contributed by atoms with Crippen molar-refractivity contribution in [2.45, 2.75) is 65.3 Å². The van der Waals surface area contributed by atoms with Crippen molar-refractivity contribution < 1.29 is 0 Å². The first kappa shape index (κ1) is 15.0. The van der Waals surface area contributed by atoms with Gasteiger partial charge in [-0.3, -0.25) is 0 Å². The van der Waals surface area contributed by atoms with E-state index in [4.69, 9.17) is 0 Å². The van der Waals surface area contributed by atoms with E-state index in [9.17, 15) is 0 Å². The maximum Gasteiger partial charge on any atom is 0.00103 e. The van der Waals surface area contributed by atoms with Crippen LogP contribution in [-0.4, -0.2) is 37.1 Å². The molecular weight excluding hydrogens is 208 g/mol. The van der Waals surface area contributed by atoms with Gasteiger partial charge in [-0.2, -0.15) is 0 Å². The van der Waals surface area contributed by atoms with E-state index in [2.05, 4.69) is 31.0 Å². The third-order valence-electron chi connectivity index (χ3n) is 3.84. The molecule has 1 saturated heterocycles. The lowest BCUT2D eigenvalue weighted by atomic mass is 9.96. The Kier molecular flexibility index (Phi) is 7.87. The van der Waals surface area contributed by atoms with Crippen molar-refractivity contribution in [1.29, 1.82) is 0 Å². The predicted molar refractivity (Wildman–Crippen MR) is 76.4 cm³/mol. The van der Waals surface area contributed by atoms with E-state index in [1.54, 1.807) is 0 Å². The third-order valence-corrected chi connectivity index (χ3v) is 3.84. The molecule has 1 N–H and O–H groups in total. The second-order valence-electron chi connectivity index (χ2n) is 5.89. The minimum absolute atomic E-state index is 0.632. The second-order valence-corrected chi connectivity index (χ2v) is 5.89. The van der Waals surface area contributed by atoms with Gasteiger partial charge in [0.15, 0.2) is 0 Å². The van der Waals surface area contributed by atoms with Gasteiger partial charge in [-0.25, -0.2) is 0 Å². The lowest BCUT2D eigenvalue weighted by molar-refractivity contribution is 0.273. The maximum atomic E-state index is 3.50.